The fraction of sp³-hybridized carbons (Fsp3) is 0.176. The number of fused-ring (bicyclic) bond motifs is 1. The number of hydrogen-bond donors (Lipinski definition) is 1. The second-order valence-corrected chi connectivity index (χ2v) is 4.98. The molecule has 2 nitrogen and oxygen atoms in total. The van der Waals surface area contributed by atoms with Gasteiger partial charge in [0.05, 0.1) is 7.11 Å². The minimum absolute atomic E-state index is 0.270. The predicted octanol–water partition coefficient (Wildman–Crippen LogP) is 3.90. The highest BCUT2D eigenvalue weighted by Crippen LogP contribution is 2.35. The molecule has 1 aliphatic rings. The summed E-state index contributed by atoms with van der Waals surface area (Å²) in [5, 5.41) is 0. The number of methoxy groups -OCH3 is 1. The van der Waals surface area contributed by atoms with Gasteiger partial charge in [0.2, 0.25) is 0 Å². The van der Waals surface area contributed by atoms with Crippen LogP contribution in [0.5, 0.6) is 5.75 Å². The molecule has 102 valence electrons. The maximum absolute atomic E-state index is 13.7. The van der Waals surface area contributed by atoms with E-state index in [9.17, 15) is 4.39 Å². The number of halogens is 1. The molecule has 0 fully saturated rings. The molecule has 2 aromatic carbocycles. The van der Waals surface area contributed by atoms with Crippen molar-refractivity contribution in [3.05, 3.63) is 58.9 Å². The lowest BCUT2D eigenvalue weighted by Gasteiger charge is -2.05. The smallest absolute Gasteiger partial charge is 0.165 e. The molecule has 0 saturated heterocycles. The molecule has 1 aliphatic carbocycles. The largest absolute Gasteiger partial charge is 0.494 e. The Hall–Kier alpha value is -2.29. The van der Waals surface area contributed by atoms with E-state index in [1.54, 1.807) is 6.07 Å². The molecule has 0 radical (unpaired) electrons. The summed E-state index contributed by atoms with van der Waals surface area (Å²) in [5.41, 5.74) is 11.2. The molecule has 0 spiro atoms. The summed E-state index contributed by atoms with van der Waals surface area (Å²) < 4.78 is 18.6. The second kappa shape index (κ2) is 5.00. The van der Waals surface area contributed by atoms with Crippen LogP contribution in [0.25, 0.3) is 11.6 Å². The van der Waals surface area contributed by atoms with Gasteiger partial charge in [-0.3, -0.25) is 0 Å². The van der Waals surface area contributed by atoms with Gasteiger partial charge in [0.15, 0.2) is 11.6 Å². The van der Waals surface area contributed by atoms with Crippen molar-refractivity contribution in [3.8, 4) is 5.75 Å². The molecule has 0 atom stereocenters. The maximum atomic E-state index is 13.7. The van der Waals surface area contributed by atoms with Gasteiger partial charge in [-0.2, -0.15) is 0 Å². The van der Waals surface area contributed by atoms with Gasteiger partial charge >= 0.3 is 0 Å². The molecule has 0 bridgehead atoms. The summed E-state index contributed by atoms with van der Waals surface area (Å²) >= 11 is 0. The van der Waals surface area contributed by atoms with Crippen LogP contribution < -0.4 is 10.5 Å². The number of nitrogens with two attached hydrogens (primary N) is 1. The Labute approximate surface area is 117 Å². The van der Waals surface area contributed by atoms with Crippen molar-refractivity contribution in [2.45, 2.75) is 12.8 Å². The number of hydrogen-bond acceptors (Lipinski definition) is 2. The molecule has 0 aromatic heterocycles. The van der Waals surface area contributed by atoms with E-state index in [1.165, 1.54) is 29.9 Å². The van der Waals surface area contributed by atoms with Crippen LogP contribution in [0.15, 0.2) is 36.4 Å². The average Bonchev–Trinajstić information content (AvgIpc) is 2.81. The molecule has 2 N–H and O–H groups in total. The van der Waals surface area contributed by atoms with Gasteiger partial charge in [-0.25, -0.2) is 4.39 Å². The van der Waals surface area contributed by atoms with Crippen molar-refractivity contribution in [1.82, 2.24) is 0 Å². The summed E-state index contributed by atoms with van der Waals surface area (Å²) in [4.78, 5) is 0. The Morgan fingerprint density at radius 3 is 2.75 bits per heavy atom. The van der Waals surface area contributed by atoms with Gasteiger partial charge in [0.1, 0.15) is 0 Å². The normalized spacial score (nSPS) is 15.4. The molecule has 0 aliphatic heterocycles. The second-order valence-electron chi connectivity index (χ2n) is 4.98. The monoisotopic (exact) mass is 269 g/mol. The van der Waals surface area contributed by atoms with Crippen molar-refractivity contribution >= 4 is 17.3 Å². The number of aryl methyl sites for hydroxylation is 1. The van der Waals surface area contributed by atoms with Gasteiger partial charge in [0.25, 0.3) is 0 Å². The lowest BCUT2D eigenvalue weighted by atomic mass is 10.0. The first-order valence-corrected chi connectivity index (χ1v) is 6.60. The zero-order chi connectivity index (χ0) is 14.1. The molecular weight excluding hydrogens is 253 g/mol. The van der Waals surface area contributed by atoms with E-state index in [0.29, 0.717) is 0 Å². The van der Waals surface area contributed by atoms with E-state index < -0.39 is 0 Å². The number of anilines is 1. The first-order chi connectivity index (χ1) is 9.67. The average molecular weight is 269 g/mol. The highest BCUT2D eigenvalue weighted by molar-refractivity contribution is 5.86. The molecule has 3 heteroatoms. The summed E-state index contributed by atoms with van der Waals surface area (Å²) in [6.07, 6.45) is 3.99. The summed E-state index contributed by atoms with van der Waals surface area (Å²) in [6.45, 7) is 0. The molecule has 0 heterocycles. The summed E-state index contributed by atoms with van der Waals surface area (Å²) in [5.74, 6) is -0.0656. The Morgan fingerprint density at radius 1 is 1.15 bits per heavy atom. The number of benzene rings is 2. The van der Waals surface area contributed by atoms with E-state index in [2.05, 4.69) is 0 Å². The molecule has 20 heavy (non-hydrogen) atoms. The van der Waals surface area contributed by atoms with Gasteiger partial charge in [-0.15, -0.1) is 0 Å². The minimum Gasteiger partial charge on any atom is -0.494 e. The van der Waals surface area contributed by atoms with E-state index in [4.69, 9.17) is 10.5 Å². The quantitative estimate of drug-likeness (QED) is 0.839. The fourth-order valence-electron chi connectivity index (χ4n) is 2.66. The number of rotatable bonds is 2. The zero-order valence-corrected chi connectivity index (χ0v) is 11.3. The first-order valence-electron chi connectivity index (χ1n) is 6.60. The van der Waals surface area contributed by atoms with Crippen molar-refractivity contribution in [3.63, 3.8) is 0 Å². The number of ether oxygens (including phenoxy) is 1. The standard InChI is InChI=1S/C17H16FNO/c1-20-17-7-2-11(9-16(17)18)8-12-3-4-13-10-14(19)5-6-15(12)13/h2,5-10H,3-4,19H2,1H3. The van der Waals surface area contributed by atoms with Crippen LogP contribution in [-0.4, -0.2) is 7.11 Å². The van der Waals surface area contributed by atoms with Crippen LogP contribution in [0.1, 0.15) is 23.1 Å². The summed E-state index contributed by atoms with van der Waals surface area (Å²) in [6, 6.07) is 11.0. The van der Waals surface area contributed by atoms with Crippen molar-refractivity contribution in [2.24, 2.45) is 0 Å². The van der Waals surface area contributed by atoms with Crippen LogP contribution in [0.4, 0.5) is 10.1 Å². The van der Waals surface area contributed by atoms with Gasteiger partial charge in [-0.1, -0.05) is 18.2 Å². The minimum atomic E-state index is -0.336. The lowest BCUT2D eigenvalue weighted by Crippen LogP contribution is -1.89. The molecule has 2 aromatic rings. The van der Waals surface area contributed by atoms with Gasteiger partial charge < -0.3 is 10.5 Å². The van der Waals surface area contributed by atoms with E-state index in [-0.39, 0.29) is 11.6 Å². The Morgan fingerprint density at radius 2 is 2.00 bits per heavy atom. The van der Waals surface area contributed by atoms with Crippen molar-refractivity contribution < 1.29 is 9.13 Å². The van der Waals surface area contributed by atoms with Crippen LogP contribution >= 0.6 is 0 Å². The third-order valence-electron chi connectivity index (χ3n) is 3.66. The highest BCUT2D eigenvalue weighted by atomic mass is 19.1. The third-order valence-corrected chi connectivity index (χ3v) is 3.66. The summed E-state index contributed by atoms with van der Waals surface area (Å²) in [7, 11) is 1.47. The van der Waals surface area contributed by atoms with Crippen LogP contribution in [-0.2, 0) is 6.42 Å². The Balaban J connectivity index is 1.97. The lowest BCUT2D eigenvalue weighted by molar-refractivity contribution is 0.386. The number of allylic oxidation sites excluding steroid dienone is 1. The molecular formula is C17H16FNO. The van der Waals surface area contributed by atoms with E-state index >= 15 is 0 Å². The van der Waals surface area contributed by atoms with Gasteiger partial charge in [0, 0.05) is 5.69 Å². The number of nitrogen functional groups attached to an aromatic ring is 1. The Bertz CT molecular complexity index is 691. The molecule has 3 rings (SSSR count). The third kappa shape index (κ3) is 2.27. The molecule has 0 saturated carbocycles. The van der Waals surface area contributed by atoms with Crippen LogP contribution in [0.3, 0.4) is 0 Å². The van der Waals surface area contributed by atoms with E-state index in [1.807, 2.05) is 30.3 Å². The predicted molar refractivity (Wildman–Crippen MR) is 80.0 cm³/mol. The first kappa shape index (κ1) is 12.7. The molecule has 0 unspecified atom stereocenters. The van der Waals surface area contributed by atoms with Crippen LogP contribution in [0, 0.1) is 5.82 Å². The topological polar surface area (TPSA) is 35.2 Å². The fourth-order valence-corrected chi connectivity index (χ4v) is 2.66. The van der Waals surface area contributed by atoms with Crippen molar-refractivity contribution in [1.29, 1.82) is 0 Å². The van der Waals surface area contributed by atoms with Gasteiger partial charge in [-0.05, 0) is 59.4 Å². The van der Waals surface area contributed by atoms with Crippen LogP contribution in [0.2, 0.25) is 0 Å². The Kier molecular flexibility index (Phi) is 3.18. The highest BCUT2D eigenvalue weighted by Gasteiger charge is 2.16. The SMILES string of the molecule is COc1ccc(C=C2CCc3cc(N)ccc32)cc1F. The molecule has 0 amide bonds. The zero-order valence-electron chi connectivity index (χ0n) is 11.3. The van der Waals surface area contributed by atoms with E-state index in [0.717, 1.165) is 24.1 Å². The van der Waals surface area contributed by atoms with Crippen molar-refractivity contribution in [2.75, 3.05) is 12.8 Å². The maximum Gasteiger partial charge on any atom is 0.165 e.